The first kappa shape index (κ1) is 14.6. The summed E-state index contributed by atoms with van der Waals surface area (Å²) in [5.74, 6) is 0.766. The minimum atomic E-state index is 0.344. The number of thiocarbonyl (C=S) groups is 1. The molecule has 3 N–H and O–H groups in total. The molecule has 19 heavy (non-hydrogen) atoms. The van der Waals surface area contributed by atoms with Crippen LogP contribution in [0.3, 0.4) is 0 Å². The molecule has 4 heteroatoms. The normalized spacial score (nSPS) is 18.0. The van der Waals surface area contributed by atoms with E-state index in [9.17, 15) is 0 Å². The van der Waals surface area contributed by atoms with E-state index in [0.29, 0.717) is 16.1 Å². The maximum Gasteiger partial charge on any atom is 0.105 e. The molecule has 0 spiro atoms. The van der Waals surface area contributed by atoms with Crippen LogP contribution >= 0.6 is 23.8 Å². The van der Waals surface area contributed by atoms with Crippen LogP contribution in [0.1, 0.15) is 44.6 Å². The number of anilines is 1. The Bertz CT molecular complexity index is 455. The highest BCUT2D eigenvalue weighted by atomic mass is 35.5. The molecular formula is C15H21ClN2S. The predicted octanol–water partition coefficient (Wildman–Crippen LogP) is 4.35. The van der Waals surface area contributed by atoms with E-state index in [0.717, 1.165) is 17.2 Å². The van der Waals surface area contributed by atoms with Gasteiger partial charge in [0.25, 0.3) is 0 Å². The lowest BCUT2D eigenvalue weighted by atomic mass is 9.84. The summed E-state index contributed by atoms with van der Waals surface area (Å²) >= 11 is 11.1. The van der Waals surface area contributed by atoms with Gasteiger partial charge in [0.1, 0.15) is 4.99 Å². The lowest BCUT2D eigenvalue weighted by molar-refractivity contribution is 0.328. The molecule has 0 aliphatic heterocycles. The van der Waals surface area contributed by atoms with Crippen LogP contribution < -0.4 is 11.1 Å². The maximum atomic E-state index is 6.19. The molecule has 0 saturated heterocycles. The van der Waals surface area contributed by atoms with Crippen molar-refractivity contribution >= 4 is 34.5 Å². The zero-order valence-electron chi connectivity index (χ0n) is 11.3. The van der Waals surface area contributed by atoms with Crippen molar-refractivity contribution in [1.82, 2.24) is 0 Å². The number of nitrogens with two attached hydrogens (primary N) is 1. The number of hydrogen-bond donors (Lipinski definition) is 2. The second kappa shape index (κ2) is 6.58. The lowest BCUT2D eigenvalue weighted by Crippen LogP contribution is -2.27. The summed E-state index contributed by atoms with van der Waals surface area (Å²) in [6, 6.07) is 6.28. The zero-order chi connectivity index (χ0) is 13.8. The summed E-state index contributed by atoms with van der Waals surface area (Å²) in [5, 5.41) is 4.17. The summed E-state index contributed by atoms with van der Waals surface area (Å²) < 4.78 is 0. The van der Waals surface area contributed by atoms with E-state index in [2.05, 4.69) is 12.2 Å². The highest BCUT2D eigenvalue weighted by molar-refractivity contribution is 7.80. The summed E-state index contributed by atoms with van der Waals surface area (Å²) in [6.45, 7) is 2.26. The van der Waals surface area contributed by atoms with Gasteiger partial charge in [-0.1, -0.05) is 43.1 Å². The number of benzene rings is 1. The van der Waals surface area contributed by atoms with Crippen molar-refractivity contribution in [3.63, 3.8) is 0 Å². The molecule has 0 bridgehead atoms. The summed E-state index contributed by atoms with van der Waals surface area (Å²) in [6.07, 6.45) is 6.76. The second-order valence-corrected chi connectivity index (χ2v) is 6.24. The van der Waals surface area contributed by atoms with Gasteiger partial charge in [0.2, 0.25) is 0 Å². The third-order valence-electron chi connectivity index (χ3n) is 3.99. The van der Waals surface area contributed by atoms with Gasteiger partial charge in [-0.2, -0.15) is 0 Å². The van der Waals surface area contributed by atoms with Crippen LogP contribution in [-0.2, 0) is 0 Å². The Morgan fingerprint density at radius 1 is 1.37 bits per heavy atom. The van der Waals surface area contributed by atoms with Gasteiger partial charge >= 0.3 is 0 Å². The molecule has 2 rings (SSSR count). The average Bonchev–Trinajstić information content (AvgIpc) is 2.39. The van der Waals surface area contributed by atoms with Gasteiger partial charge in [0, 0.05) is 17.3 Å². The Hall–Kier alpha value is -0.800. The van der Waals surface area contributed by atoms with Crippen molar-refractivity contribution in [2.45, 2.75) is 45.1 Å². The van der Waals surface area contributed by atoms with E-state index in [4.69, 9.17) is 29.6 Å². The fourth-order valence-corrected chi connectivity index (χ4v) is 3.34. The van der Waals surface area contributed by atoms with Crippen molar-refractivity contribution in [3.05, 3.63) is 28.8 Å². The van der Waals surface area contributed by atoms with Gasteiger partial charge in [0.05, 0.1) is 5.02 Å². The fraction of sp³-hybridized carbons (Fsp3) is 0.533. The van der Waals surface area contributed by atoms with E-state index < -0.39 is 0 Å². The fourth-order valence-electron chi connectivity index (χ4n) is 2.82. The highest BCUT2D eigenvalue weighted by Crippen LogP contribution is 2.29. The Morgan fingerprint density at radius 3 is 2.63 bits per heavy atom. The first-order chi connectivity index (χ1) is 9.08. The topological polar surface area (TPSA) is 38.0 Å². The van der Waals surface area contributed by atoms with Gasteiger partial charge < -0.3 is 11.1 Å². The number of rotatable bonds is 4. The molecule has 0 aromatic heterocycles. The second-order valence-electron chi connectivity index (χ2n) is 5.39. The standard InChI is InChI=1S/C15H21ClN2S/c1-10(11-5-3-2-4-6-11)18-12-7-8-13(15(17)19)14(16)9-12/h7-11,18H,2-6H2,1H3,(H2,17,19). The summed E-state index contributed by atoms with van der Waals surface area (Å²) in [7, 11) is 0. The number of nitrogens with one attached hydrogen (secondary N) is 1. The summed E-state index contributed by atoms with van der Waals surface area (Å²) in [5.41, 5.74) is 7.40. The van der Waals surface area contributed by atoms with Gasteiger partial charge in [-0.25, -0.2) is 0 Å². The number of hydrogen-bond acceptors (Lipinski definition) is 2. The van der Waals surface area contributed by atoms with Crippen molar-refractivity contribution in [2.75, 3.05) is 5.32 Å². The molecule has 1 aliphatic rings. The van der Waals surface area contributed by atoms with Crippen molar-refractivity contribution in [1.29, 1.82) is 0 Å². The van der Waals surface area contributed by atoms with Gasteiger partial charge in [-0.05, 0) is 43.9 Å². The van der Waals surface area contributed by atoms with E-state index in [1.165, 1.54) is 32.1 Å². The lowest BCUT2D eigenvalue weighted by Gasteiger charge is -2.29. The monoisotopic (exact) mass is 296 g/mol. The molecular weight excluding hydrogens is 276 g/mol. The van der Waals surface area contributed by atoms with Gasteiger partial charge in [0.15, 0.2) is 0 Å². The molecule has 0 amide bonds. The largest absolute Gasteiger partial charge is 0.389 e. The van der Waals surface area contributed by atoms with Gasteiger partial charge in [-0.15, -0.1) is 0 Å². The van der Waals surface area contributed by atoms with Crippen LogP contribution in [0, 0.1) is 5.92 Å². The van der Waals surface area contributed by atoms with E-state index in [1.54, 1.807) is 0 Å². The van der Waals surface area contributed by atoms with Crippen LogP contribution in [0.2, 0.25) is 5.02 Å². The molecule has 1 atom stereocenters. The van der Waals surface area contributed by atoms with E-state index in [-0.39, 0.29) is 0 Å². The Balaban J connectivity index is 2.02. The van der Waals surface area contributed by atoms with Crippen molar-refractivity contribution in [3.8, 4) is 0 Å². The van der Waals surface area contributed by atoms with Crippen LogP contribution in [0.15, 0.2) is 18.2 Å². The summed E-state index contributed by atoms with van der Waals surface area (Å²) in [4.78, 5) is 0.344. The third kappa shape index (κ3) is 3.83. The van der Waals surface area contributed by atoms with Gasteiger partial charge in [-0.3, -0.25) is 0 Å². The maximum absolute atomic E-state index is 6.19. The predicted molar refractivity (Wildman–Crippen MR) is 87.0 cm³/mol. The van der Waals surface area contributed by atoms with Crippen LogP contribution in [0.5, 0.6) is 0 Å². The molecule has 1 unspecified atom stereocenters. The van der Waals surface area contributed by atoms with Crippen LogP contribution in [0.4, 0.5) is 5.69 Å². The van der Waals surface area contributed by atoms with Crippen molar-refractivity contribution < 1.29 is 0 Å². The minimum absolute atomic E-state index is 0.344. The smallest absolute Gasteiger partial charge is 0.105 e. The number of halogens is 1. The molecule has 0 heterocycles. The van der Waals surface area contributed by atoms with Crippen LogP contribution in [-0.4, -0.2) is 11.0 Å². The molecule has 1 aromatic rings. The first-order valence-corrected chi connectivity index (χ1v) is 7.72. The Labute approximate surface area is 125 Å². The molecule has 0 radical (unpaired) electrons. The van der Waals surface area contributed by atoms with E-state index in [1.807, 2.05) is 18.2 Å². The minimum Gasteiger partial charge on any atom is -0.389 e. The zero-order valence-corrected chi connectivity index (χ0v) is 12.9. The van der Waals surface area contributed by atoms with Crippen molar-refractivity contribution in [2.24, 2.45) is 11.7 Å². The van der Waals surface area contributed by atoms with Crippen LogP contribution in [0.25, 0.3) is 0 Å². The quantitative estimate of drug-likeness (QED) is 0.811. The first-order valence-electron chi connectivity index (χ1n) is 6.94. The molecule has 1 aliphatic carbocycles. The highest BCUT2D eigenvalue weighted by Gasteiger charge is 2.20. The Kier molecular flexibility index (Phi) is 5.06. The molecule has 104 valence electrons. The molecule has 1 saturated carbocycles. The Morgan fingerprint density at radius 2 is 2.05 bits per heavy atom. The molecule has 2 nitrogen and oxygen atoms in total. The molecule has 1 aromatic carbocycles. The van der Waals surface area contributed by atoms with E-state index >= 15 is 0 Å². The average molecular weight is 297 g/mol. The molecule has 1 fully saturated rings. The SMILES string of the molecule is CC(Nc1ccc(C(N)=S)c(Cl)c1)C1CCCCC1. The third-order valence-corrected chi connectivity index (χ3v) is 4.52.